The van der Waals surface area contributed by atoms with Crippen molar-refractivity contribution in [1.82, 2.24) is 0 Å². The topological polar surface area (TPSA) is 3.24 Å². The molecule has 2 heteroatoms. The molecule has 1 nitrogen and oxygen atoms in total. The van der Waals surface area contributed by atoms with Crippen LogP contribution in [0.2, 0.25) is 5.02 Å². The molecule has 0 spiro atoms. The number of hydrogen-bond donors (Lipinski definition) is 0. The van der Waals surface area contributed by atoms with Crippen molar-refractivity contribution in [1.29, 1.82) is 0 Å². The lowest BCUT2D eigenvalue weighted by atomic mass is 10.0. The Hall–Kier alpha value is -0.950. The molecule has 1 aliphatic carbocycles. The van der Waals surface area contributed by atoms with E-state index in [-0.39, 0.29) is 0 Å². The maximum absolute atomic E-state index is 6.17. The monoisotopic (exact) mass is 221 g/mol. The molecule has 0 amide bonds. The van der Waals surface area contributed by atoms with Gasteiger partial charge < -0.3 is 4.90 Å². The normalized spacial score (nSPS) is 20.3. The molecule has 0 aromatic heterocycles. The van der Waals surface area contributed by atoms with Crippen LogP contribution in [0.4, 0.5) is 5.69 Å². The molecule has 1 aromatic carbocycles. The second-order valence-corrected chi connectivity index (χ2v) is 4.40. The second-order valence-electron chi connectivity index (χ2n) is 3.99. The van der Waals surface area contributed by atoms with Crippen molar-refractivity contribution < 1.29 is 0 Å². The second kappa shape index (κ2) is 4.71. The van der Waals surface area contributed by atoms with Gasteiger partial charge in [0.15, 0.2) is 0 Å². The van der Waals surface area contributed by atoms with Crippen LogP contribution in [0.15, 0.2) is 36.4 Å². The predicted octanol–water partition coefficient (Wildman–Crippen LogP) is 3.88. The van der Waals surface area contributed by atoms with Crippen LogP contribution in [0, 0.1) is 0 Å². The summed E-state index contributed by atoms with van der Waals surface area (Å²) in [7, 11) is 2.11. The van der Waals surface area contributed by atoms with E-state index in [0.29, 0.717) is 6.04 Å². The van der Waals surface area contributed by atoms with E-state index in [4.69, 9.17) is 11.6 Å². The number of halogens is 1. The molecular weight excluding hydrogens is 206 g/mol. The number of allylic oxidation sites excluding steroid dienone is 1. The van der Waals surface area contributed by atoms with Crippen LogP contribution in [0.3, 0.4) is 0 Å². The summed E-state index contributed by atoms with van der Waals surface area (Å²) in [4.78, 5) is 2.26. The van der Waals surface area contributed by atoms with Crippen LogP contribution in [0.5, 0.6) is 0 Å². The minimum Gasteiger partial charge on any atom is -0.367 e. The molecule has 0 radical (unpaired) electrons. The van der Waals surface area contributed by atoms with Gasteiger partial charge >= 0.3 is 0 Å². The SMILES string of the molecule is CN(c1ccccc1Cl)C1C=CCCC1. The summed E-state index contributed by atoms with van der Waals surface area (Å²) < 4.78 is 0. The van der Waals surface area contributed by atoms with Gasteiger partial charge in [-0.25, -0.2) is 0 Å². The Bertz CT molecular complexity index is 359. The van der Waals surface area contributed by atoms with Gasteiger partial charge in [0, 0.05) is 13.1 Å². The summed E-state index contributed by atoms with van der Waals surface area (Å²) in [5.74, 6) is 0. The first-order valence-corrected chi connectivity index (χ1v) is 5.81. The van der Waals surface area contributed by atoms with Crippen molar-refractivity contribution in [3.05, 3.63) is 41.4 Å². The number of nitrogens with zero attached hydrogens (tertiary/aromatic N) is 1. The minimum atomic E-state index is 0.499. The fourth-order valence-electron chi connectivity index (χ4n) is 2.03. The van der Waals surface area contributed by atoms with E-state index >= 15 is 0 Å². The summed E-state index contributed by atoms with van der Waals surface area (Å²) in [6.07, 6.45) is 8.26. The lowest BCUT2D eigenvalue weighted by Crippen LogP contribution is -2.31. The fraction of sp³-hybridized carbons (Fsp3) is 0.385. The van der Waals surface area contributed by atoms with E-state index in [2.05, 4.69) is 30.2 Å². The zero-order chi connectivity index (χ0) is 10.7. The number of para-hydroxylation sites is 1. The largest absolute Gasteiger partial charge is 0.367 e. The first-order chi connectivity index (χ1) is 7.29. The number of rotatable bonds is 2. The summed E-state index contributed by atoms with van der Waals surface area (Å²) in [5.41, 5.74) is 1.12. The minimum absolute atomic E-state index is 0.499. The van der Waals surface area contributed by atoms with E-state index < -0.39 is 0 Å². The van der Waals surface area contributed by atoms with Gasteiger partial charge in [0.2, 0.25) is 0 Å². The highest BCUT2D eigenvalue weighted by atomic mass is 35.5. The highest BCUT2D eigenvalue weighted by Gasteiger charge is 2.15. The molecular formula is C13H16ClN. The molecule has 0 aliphatic heterocycles. The first kappa shape index (κ1) is 10.6. The van der Waals surface area contributed by atoms with Crippen LogP contribution >= 0.6 is 11.6 Å². The molecule has 0 fully saturated rings. The molecule has 1 atom stereocenters. The van der Waals surface area contributed by atoms with Crippen molar-refractivity contribution in [2.75, 3.05) is 11.9 Å². The Balaban J connectivity index is 2.20. The summed E-state index contributed by atoms with van der Waals surface area (Å²) in [6.45, 7) is 0. The number of hydrogen-bond acceptors (Lipinski definition) is 1. The van der Waals surface area contributed by atoms with E-state index in [1.54, 1.807) is 0 Å². The first-order valence-electron chi connectivity index (χ1n) is 5.43. The van der Waals surface area contributed by atoms with Crippen molar-refractivity contribution in [3.63, 3.8) is 0 Å². The van der Waals surface area contributed by atoms with E-state index in [9.17, 15) is 0 Å². The van der Waals surface area contributed by atoms with Crippen LogP contribution in [-0.2, 0) is 0 Å². The number of anilines is 1. The van der Waals surface area contributed by atoms with Gasteiger partial charge in [-0.15, -0.1) is 0 Å². The Labute approximate surface area is 96.4 Å². The van der Waals surface area contributed by atoms with Crippen LogP contribution < -0.4 is 4.90 Å². The highest BCUT2D eigenvalue weighted by molar-refractivity contribution is 6.33. The lowest BCUT2D eigenvalue weighted by Gasteiger charge is -2.30. The van der Waals surface area contributed by atoms with Crippen LogP contribution in [0.1, 0.15) is 19.3 Å². The molecule has 1 aromatic rings. The van der Waals surface area contributed by atoms with Gasteiger partial charge in [-0.2, -0.15) is 0 Å². The Kier molecular flexibility index (Phi) is 3.32. The molecule has 0 bridgehead atoms. The molecule has 15 heavy (non-hydrogen) atoms. The van der Waals surface area contributed by atoms with Gasteiger partial charge in [-0.3, -0.25) is 0 Å². The van der Waals surface area contributed by atoms with Gasteiger partial charge in [-0.05, 0) is 31.4 Å². The molecule has 0 heterocycles. The zero-order valence-electron chi connectivity index (χ0n) is 8.99. The van der Waals surface area contributed by atoms with Gasteiger partial charge in [0.1, 0.15) is 0 Å². The zero-order valence-corrected chi connectivity index (χ0v) is 9.74. The fourth-order valence-corrected chi connectivity index (χ4v) is 2.30. The van der Waals surface area contributed by atoms with Crippen molar-refractivity contribution in [2.24, 2.45) is 0 Å². The van der Waals surface area contributed by atoms with E-state index in [1.165, 1.54) is 19.3 Å². The van der Waals surface area contributed by atoms with Crippen molar-refractivity contribution in [3.8, 4) is 0 Å². The lowest BCUT2D eigenvalue weighted by molar-refractivity contribution is 0.617. The molecule has 0 saturated carbocycles. The Morgan fingerprint density at radius 1 is 1.33 bits per heavy atom. The van der Waals surface area contributed by atoms with Gasteiger partial charge in [-0.1, -0.05) is 35.9 Å². The van der Waals surface area contributed by atoms with E-state index in [0.717, 1.165) is 10.7 Å². The van der Waals surface area contributed by atoms with Crippen molar-refractivity contribution >= 4 is 17.3 Å². The third kappa shape index (κ3) is 2.35. The summed E-state index contributed by atoms with van der Waals surface area (Å²) in [5, 5.41) is 0.832. The third-order valence-corrected chi connectivity index (χ3v) is 3.28. The standard InChI is InChI=1S/C13H16ClN/c1-15(11-7-3-2-4-8-11)13-10-6-5-9-12(13)14/h3,5-7,9-11H,2,4,8H2,1H3. The third-order valence-electron chi connectivity index (χ3n) is 2.96. The van der Waals surface area contributed by atoms with Crippen molar-refractivity contribution in [2.45, 2.75) is 25.3 Å². The average Bonchev–Trinajstić information content (AvgIpc) is 2.30. The molecule has 1 unspecified atom stereocenters. The van der Waals surface area contributed by atoms with Gasteiger partial charge in [0.25, 0.3) is 0 Å². The molecule has 80 valence electrons. The predicted molar refractivity (Wildman–Crippen MR) is 66.6 cm³/mol. The molecule has 1 aliphatic rings. The Morgan fingerprint density at radius 3 is 2.80 bits per heavy atom. The van der Waals surface area contributed by atoms with E-state index in [1.807, 2.05) is 18.2 Å². The van der Waals surface area contributed by atoms with Gasteiger partial charge in [0.05, 0.1) is 10.7 Å². The summed E-state index contributed by atoms with van der Waals surface area (Å²) in [6, 6.07) is 8.52. The maximum Gasteiger partial charge on any atom is 0.0639 e. The number of benzene rings is 1. The average molecular weight is 222 g/mol. The van der Waals surface area contributed by atoms with Crippen LogP contribution in [0.25, 0.3) is 0 Å². The summed E-state index contributed by atoms with van der Waals surface area (Å²) >= 11 is 6.17. The smallest absolute Gasteiger partial charge is 0.0639 e. The molecule has 2 rings (SSSR count). The quantitative estimate of drug-likeness (QED) is 0.685. The molecule has 0 N–H and O–H groups in total. The van der Waals surface area contributed by atoms with Crippen LogP contribution in [-0.4, -0.2) is 13.1 Å². The molecule has 0 saturated heterocycles. The highest BCUT2D eigenvalue weighted by Crippen LogP contribution is 2.28. The maximum atomic E-state index is 6.17. The Morgan fingerprint density at radius 2 is 2.13 bits per heavy atom. The number of likely N-dealkylation sites (N-methyl/N-ethyl adjacent to an activating group) is 1.